The number of hydrogen-bond donors (Lipinski definition) is 2. The number of anilines is 2. The molecule has 3 aromatic rings. The summed E-state index contributed by atoms with van der Waals surface area (Å²) in [5.41, 5.74) is 6.04. The van der Waals surface area contributed by atoms with E-state index in [1.807, 2.05) is 86.6 Å². The minimum atomic E-state index is -0.0236. The Bertz CT molecular complexity index is 1140. The summed E-state index contributed by atoms with van der Waals surface area (Å²) in [6.45, 7) is 7.79. The highest BCUT2D eigenvalue weighted by Crippen LogP contribution is 2.27. The molecule has 0 unspecified atom stereocenters. The van der Waals surface area contributed by atoms with Crippen LogP contribution in [0.1, 0.15) is 11.1 Å². The standard InChI is InChI=1S/C28H32N4O2/c1-21-9-8-14-25(22(21)2)29-27(33)19-31-15-17-32(18-16-31)20-28(34)30-26-13-7-6-12-24(26)23-10-4-3-5-11-23/h3-14H,15-20H2,1-2H3,(H,29,33)(H,30,34). The summed E-state index contributed by atoms with van der Waals surface area (Å²) in [5, 5.41) is 6.11. The molecule has 1 heterocycles. The number of nitrogens with one attached hydrogen (secondary N) is 2. The summed E-state index contributed by atoms with van der Waals surface area (Å²) in [5.74, 6) is -0.0260. The fourth-order valence-corrected chi connectivity index (χ4v) is 4.24. The second-order valence-electron chi connectivity index (χ2n) is 8.81. The van der Waals surface area contributed by atoms with Gasteiger partial charge in [0.25, 0.3) is 0 Å². The van der Waals surface area contributed by atoms with Gasteiger partial charge in [-0.15, -0.1) is 0 Å². The van der Waals surface area contributed by atoms with E-state index in [0.29, 0.717) is 13.1 Å². The van der Waals surface area contributed by atoms with Crippen LogP contribution >= 0.6 is 0 Å². The number of para-hydroxylation sites is 1. The molecule has 1 aliphatic heterocycles. The highest BCUT2D eigenvalue weighted by Gasteiger charge is 2.21. The van der Waals surface area contributed by atoms with E-state index in [9.17, 15) is 9.59 Å². The Kier molecular flexibility index (Phi) is 7.72. The van der Waals surface area contributed by atoms with Gasteiger partial charge in [-0.05, 0) is 42.7 Å². The van der Waals surface area contributed by atoms with Crippen LogP contribution in [0.3, 0.4) is 0 Å². The summed E-state index contributed by atoms with van der Waals surface area (Å²) in [6, 6.07) is 23.9. The summed E-state index contributed by atoms with van der Waals surface area (Å²) < 4.78 is 0. The van der Waals surface area contributed by atoms with Gasteiger partial charge >= 0.3 is 0 Å². The molecule has 2 amide bonds. The zero-order chi connectivity index (χ0) is 23.9. The first-order valence-corrected chi connectivity index (χ1v) is 11.7. The van der Waals surface area contributed by atoms with Crippen molar-refractivity contribution in [2.45, 2.75) is 13.8 Å². The smallest absolute Gasteiger partial charge is 0.238 e. The highest BCUT2D eigenvalue weighted by molar-refractivity contribution is 5.96. The molecule has 0 spiro atoms. The minimum absolute atomic E-state index is 0.00240. The molecule has 1 saturated heterocycles. The first kappa shape index (κ1) is 23.7. The van der Waals surface area contributed by atoms with E-state index in [1.54, 1.807) is 0 Å². The number of carbonyl (C=O) groups excluding carboxylic acids is 2. The lowest BCUT2D eigenvalue weighted by Gasteiger charge is -2.33. The van der Waals surface area contributed by atoms with Gasteiger partial charge < -0.3 is 10.6 Å². The van der Waals surface area contributed by atoms with Crippen molar-refractivity contribution >= 4 is 23.2 Å². The van der Waals surface area contributed by atoms with Gasteiger partial charge in [-0.3, -0.25) is 19.4 Å². The lowest BCUT2D eigenvalue weighted by Crippen LogP contribution is -2.50. The van der Waals surface area contributed by atoms with Crippen molar-refractivity contribution in [3.8, 4) is 11.1 Å². The molecule has 1 aliphatic rings. The average molecular weight is 457 g/mol. The van der Waals surface area contributed by atoms with E-state index >= 15 is 0 Å². The molecule has 3 aromatic carbocycles. The summed E-state index contributed by atoms with van der Waals surface area (Å²) >= 11 is 0. The van der Waals surface area contributed by atoms with E-state index in [2.05, 4.69) is 20.4 Å². The number of benzene rings is 3. The Hall–Kier alpha value is -3.48. The van der Waals surface area contributed by atoms with Gasteiger partial charge in [0.1, 0.15) is 0 Å². The molecule has 0 bridgehead atoms. The first-order valence-electron chi connectivity index (χ1n) is 11.7. The topological polar surface area (TPSA) is 64.7 Å². The molecule has 6 heteroatoms. The van der Waals surface area contributed by atoms with Crippen LogP contribution in [0.25, 0.3) is 11.1 Å². The number of carbonyl (C=O) groups is 2. The van der Waals surface area contributed by atoms with Gasteiger partial charge in [0.05, 0.1) is 13.1 Å². The third-order valence-corrected chi connectivity index (χ3v) is 6.36. The van der Waals surface area contributed by atoms with Crippen molar-refractivity contribution in [3.63, 3.8) is 0 Å². The molecular formula is C28H32N4O2. The van der Waals surface area contributed by atoms with Crippen LogP contribution in [0, 0.1) is 13.8 Å². The van der Waals surface area contributed by atoms with Crippen molar-refractivity contribution in [2.75, 3.05) is 49.9 Å². The predicted octanol–water partition coefficient (Wildman–Crippen LogP) is 4.17. The van der Waals surface area contributed by atoms with Crippen LogP contribution in [-0.4, -0.2) is 60.9 Å². The summed E-state index contributed by atoms with van der Waals surface area (Å²) in [4.78, 5) is 29.6. The third-order valence-electron chi connectivity index (χ3n) is 6.36. The van der Waals surface area contributed by atoms with Gasteiger partial charge in [0.15, 0.2) is 0 Å². The van der Waals surface area contributed by atoms with Gasteiger partial charge in [-0.25, -0.2) is 0 Å². The molecule has 0 aliphatic carbocycles. The number of hydrogen-bond acceptors (Lipinski definition) is 4. The molecule has 34 heavy (non-hydrogen) atoms. The lowest BCUT2D eigenvalue weighted by molar-refractivity contribution is -0.120. The van der Waals surface area contributed by atoms with E-state index in [4.69, 9.17) is 0 Å². The van der Waals surface area contributed by atoms with E-state index in [1.165, 1.54) is 0 Å². The fraction of sp³-hybridized carbons (Fsp3) is 0.286. The summed E-state index contributed by atoms with van der Waals surface area (Å²) in [7, 11) is 0. The maximum absolute atomic E-state index is 12.8. The number of piperazine rings is 1. The Morgan fingerprint density at radius 1 is 0.676 bits per heavy atom. The molecule has 0 aromatic heterocycles. The fourth-order valence-electron chi connectivity index (χ4n) is 4.24. The van der Waals surface area contributed by atoms with Crippen molar-refractivity contribution < 1.29 is 9.59 Å². The van der Waals surface area contributed by atoms with E-state index in [-0.39, 0.29) is 11.8 Å². The molecule has 1 fully saturated rings. The molecule has 0 radical (unpaired) electrons. The van der Waals surface area contributed by atoms with Crippen molar-refractivity contribution in [2.24, 2.45) is 0 Å². The maximum Gasteiger partial charge on any atom is 0.238 e. The number of rotatable bonds is 7. The van der Waals surface area contributed by atoms with Gasteiger partial charge in [-0.1, -0.05) is 60.7 Å². The Morgan fingerprint density at radius 3 is 1.85 bits per heavy atom. The highest BCUT2D eigenvalue weighted by atomic mass is 16.2. The normalized spacial score (nSPS) is 14.5. The molecular weight excluding hydrogens is 424 g/mol. The number of aryl methyl sites for hydroxylation is 1. The minimum Gasteiger partial charge on any atom is -0.325 e. The van der Waals surface area contributed by atoms with E-state index < -0.39 is 0 Å². The lowest BCUT2D eigenvalue weighted by atomic mass is 10.0. The zero-order valence-electron chi connectivity index (χ0n) is 19.9. The van der Waals surface area contributed by atoms with Crippen molar-refractivity contribution in [3.05, 3.63) is 83.9 Å². The summed E-state index contributed by atoms with van der Waals surface area (Å²) in [6.07, 6.45) is 0. The molecule has 176 valence electrons. The Labute approximate surface area is 201 Å². The van der Waals surface area contributed by atoms with Crippen LogP contribution < -0.4 is 10.6 Å². The first-order chi connectivity index (χ1) is 16.5. The maximum atomic E-state index is 12.8. The Morgan fingerprint density at radius 2 is 1.21 bits per heavy atom. The van der Waals surface area contributed by atoms with Crippen LogP contribution in [0.4, 0.5) is 11.4 Å². The Balaban J connectivity index is 1.25. The van der Waals surface area contributed by atoms with Crippen LogP contribution in [-0.2, 0) is 9.59 Å². The quantitative estimate of drug-likeness (QED) is 0.560. The predicted molar refractivity (Wildman–Crippen MR) is 138 cm³/mol. The number of amides is 2. The van der Waals surface area contributed by atoms with Gasteiger partial charge in [-0.2, -0.15) is 0 Å². The monoisotopic (exact) mass is 456 g/mol. The SMILES string of the molecule is Cc1cccc(NC(=O)CN2CCN(CC(=O)Nc3ccccc3-c3ccccc3)CC2)c1C. The molecule has 0 saturated carbocycles. The van der Waals surface area contributed by atoms with Crippen LogP contribution in [0.5, 0.6) is 0 Å². The van der Waals surface area contributed by atoms with Crippen LogP contribution in [0.2, 0.25) is 0 Å². The average Bonchev–Trinajstić information content (AvgIpc) is 2.84. The molecule has 2 N–H and O–H groups in total. The van der Waals surface area contributed by atoms with Crippen LogP contribution in [0.15, 0.2) is 72.8 Å². The molecule has 6 nitrogen and oxygen atoms in total. The largest absolute Gasteiger partial charge is 0.325 e. The van der Waals surface area contributed by atoms with E-state index in [0.717, 1.165) is 59.8 Å². The van der Waals surface area contributed by atoms with Crippen molar-refractivity contribution in [1.82, 2.24) is 9.80 Å². The molecule has 0 atom stereocenters. The second-order valence-corrected chi connectivity index (χ2v) is 8.81. The van der Waals surface area contributed by atoms with Crippen molar-refractivity contribution in [1.29, 1.82) is 0 Å². The third kappa shape index (κ3) is 6.10. The van der Waals surface area contributed by atoms with Gasteiger partial charge in [0.2, 0.25) is 11.8 Å². The second kappa shape index (κ2) is 11.1. The number of nitrogens with zero attached hydrogens (tertiary/aromatic N) is 2. The zero-order valence-corrected chi connectivity index (χ0v) is 19.9. The van der Waals surface area contributed by atoms with Gasteiger partial charge in [0, 0.05) is 43.1 Å². The molecule has 4 rings (SSSR count).